The molecule has 1 N–H and O–H groups in total. The lowest BCUT2D eigenvalue weighted by atomic mass is 10.1. The second-order valence-corrected chi connectivity index (χ2v) is 8.42. The van der Waals surface area contributed by atoms with Crippen LogP contribution in [-0.4, -0.2) is 35.9 Å². The molecule has 0 bridgehead atoms. The van der Waals surface area contributed by atoms with Crippen LogP contribution in [0.25, 0.3) is 0 Å². The van der Waals surface area contributed by atoms with E-state index in [1.54, 1.807) is 24.0 Å². The normalized spacial score (nSPS) is 11.8. The van der Waals surface area contributed by atoms with Crippen LogP contribution in [-0.2, 0) is 16.1 Å². The minimum Gasteiger partial charge on any atom is -0.484 e. The Morgan fingerprint density at radius 1 is 1.07 bits per heavy atom. The molecule has 2 amide bonds. The van der Waals surface area contributed by atoms with Gasteiger partial charge in [-0.25, -0.2) is 0 Å². The Morgan fingerprint density at radius 2 is 1.72 bits per heavy atom. The zero-order chi connectivity index (χ0) is 21.4. The molecule has 2 aromatic rings. The van der Waals surface area contributed by atoms with Crippen molar-refractivity contribution >= 4 is 27.7 Å². The van der Waals surface area contributed by atoms with Crippen LogP contribution >= 0.6 is 15.9 Å². The highest BCUT2D eigenvalue weighted by Crippen LogP contribution is 2.17. The fraction of sp³-hybridized carbons (Fsp3) is 0.391. The Labute approximate surface area is 181 Å². The Kier molecular flexibility index (Phi) is 8.70. The number of hydrogen-bond donors (Lipinski definition) is 1. The minimum atomic E-state index is -0.602. The first-order valence-corrected chi connectivity index (χ1v) is 10.6. The summed E-state index contributed by atoms with van der Waals surface area (Å²) in [7, 11) is 0. The fourth-order valence-corrected chi connectivity index (χ4v) is 3.03. The summed E-state index contributed by atoms with van der Waals surface area (Å²) in [6.07, 6.45) is 0. The summed E-state index contributed by atoms with van der Waals surface area (Å²) in [6.45, 7) is 8.62. The summed E-state index contributed by atoms with van der Waals surface area (Å²) in [5, 5.41) is 2.92. The number of aryl methyl sites for hydroxylation is 1. The highest BCUT2D eigenvalue weighted by atomic mass is 79.9. The number of rotatable bonds is 9. The number of nitrogens with zero attached hydrogens (tertiary/aromatic N) is 1. The van der Waals surface area contributed by atoms with Gasteiger partial charge in [0.15, 0.2) is 6.61 Å². The molecule has 5 nitrogen and oxygen atoms in total. The second kappa shape index (κ2) is 11.0. The highest BCUT2D eigenvalue weighted by Gasteiger charge is 2.26. The lowest BCUT2D eigenvalue weighted by Crippen LogP contribution is -2.49. The molecule has 0 aliphatic rings. The maximum atomic E-state index is 13.0. The van der Waals surface area contributed by atoms with Crippen LogP contribution in [0.2, 0.25) is 0 Å². The van der Waals surface area contributed by atoms with Gasteiger partial charge in [0, 0.05) is 17.6 Å². The summed E-state index contributed by atoms with van der Waals surface area (Å²) in [6, 6.07) is 14.6. The molecule has 0 heterocycles. The monoisotopic (exact) mass is 460 g/mol. The average molecular weight is 461 g/mol. The first-order chi connectivity index (χ1) is 13.8. The van der Waals surface area contributed by atoms with E-state index in [2.05, 4.69) is 21.2 Å². The van der Waals surface area contributed by atoms with Crippen LogP contribution in [0.5, 0.6) is 5.75 Å². The summed E-state index contributed by atoms with van der Waals surface area (Å²) >= 11 is 3.38. The maximum absolute atomic E-state index is 13.0. The number of halogens is 1. The van der Waals surface area contributed by atoms with E-state index in [-0.39, 0.29) is 18.4 Å². The largest absolute Gasteiger partial charge is 0.484 e. The Hall–Kier alpha value is -2.34. The molecule has 156 valence electrons. The molecule has 0 radical (unpaired) electrons. The van der Waals surface area contributed by atoms with Gasteiger partial charge in [-0.3, -0.25) is 9.59 Å². The molecular weight excluding hydrogens is 432 g/mol. The lowest BCUT2D eigenvalue weighted by molar-refractivity contribution is -0.142. The molecule has 0 spiro atoms. The lowest BCUT2D eigenvalue weighted by Gasteiger charge is -2.29. The van der Waals surface area contributed by atoms with Crippen molar-refractivity contribution in [3.05, 3.63) is 64.1 Å². The maximum Gasteiger partial charge on any atom is 0.261 e. The quantitative estimate of drug-likeness (QED) is 0.605. The zero-order valence-electron chi connectivity index (χ0n) is 17.4. The van der Waals surface area contributed by atoms with Crippen molar-refractivity contribution in [3.8, 4) is 5.75 Å². The van der Waals surface area contributed by atoms with Crippen LogP contribution in [0.3, 0.4) is 0 Å². The number of benzene rings is 2. The number of carbonyl (C=O) groups excluding carboxylic acids is 2. The van der Waals surface area contributed by atoms with Gasteiger partial charge in [0.05, 0.1) is 0 Å². The molecular formula is C23H29BrN2O3. The molecule has 0 saturated carbocycles. The van der Waals surface area contributed by atoms with E-state index in [1.165, 1.54) is 0 Å². The van der Waals surface area contributed by atoms with Crippen molar-refractivity contribution in [2.75, 3.05) is 13.2 Å². The molecule has 0 saturated heterocycles. The van der Waals surface area contributed by atoms with Crippen molar-refractivity contribution in [3.63, 3.8) is 0 Å². The van der Waals surface area contributed by atoms with Gasteiger partial charge in [-0.2, -0.15) is 0 Å². The van der Waals surface area contributed by atoms with Crippen molar-refractivity contribution in [2.24, 2.45) is 5.92 Å². The van der Waals surface area contributed by atoms with Crippen molar-refractivity contribution in [1.82, 2.24) is 10.2 Å². The van der Waals surface area contributed by atoms with Crippen molar-refractivity contribution < 1.29 is 14.3 Å². The van der Waals surface area contributed by atoms with Gasteiger partial charge in [0.1, 0.15) is 11.8 Å². The van der Waals surface area contributed by atoms with Gasteiger partial charge in [0.2, 0.25) is 5.91 Å². The average Bonchev–Trinajstić information content (AvgIpc) is 2.70. The van der Waals surface area contributed by atoms with Crippen molar-refractivity contribution in [2.45, 2.75) is 40.3 Å². The molecule has 29 heavy (non-hydrogen) atoms. The second-order valence-electron chi connectivity index (χ2n) is 7.51. The Balaban J connectivity index is 2.13. The molecule has 0 aliphatic carbocycles. The van der Waals surface area contributed by atoms with E-state index in [0.717, 1.165) is 15.6 Å². The van der Waals surface area contributed by atoms with Gasteiger partial charge in [-0.1, -0.05) is 54.0 Å². The molecule has 1 atom stereocenters. The van der Waals surface area contributed by atoms with Crippen molar-refractivity contribution in [1.29, 1.82) is 0 Å². The van der Waals surface area contributed by atoms with Crippen LogP contribution in [0.4, 0.5) is 0 Å². The van der Waals surface area contributed by atoms with Gasteiger partial charge >= 0.3 is 0 Å². The van der Waals surface area contributed by atoms with Gasteiger partial charge in [-0.05, 0) is 55.2 Å². The van der Waals surface area contributed by atoms with E-state index >= 15 is 0 Å². The minimum absolute atomic E-state index is 0.130. The SMILES string of the molecule is Cc1ccccc1CN(C(=O)COc1ccc(Br)cc1)[C@@H](C)C(=O)NCC(C)C. The van der Waals surface area contributed by atoms with E-state index in [4.69, 9.17) is 4.74 Å². The summed E-state index contributed by atoms with van der Waals surface area (Å²) < 4.78 is 6.59. The summed E-state index contributed by atoms with van der Waals surface area (Å²) in [5.41, 5.74) is 2.09. The number of hydrogen-bond acceptors (Lipinski definition) is 3. The number of carbonyl (C=O) groups is 2. The smallest absolute Gasteiger partial charge is 0.261 e. The number of nitrogens with one attached hydrogen (secondary N) is 1. The molecule has 0 fully saturated rings. The Bertz CT molecular complexity index is 821. The standard InChI is InChI=1S/C23H29BrN2O3/c1-16(2)13-25-23(28)18(4)26(14-19-8-6-5-7-17(19)3)22(27)15-29-21-11-9-20(24)10-12-21/h5-12,16,18H,13-15H2,1-4H3,(H,25,28)/t18-/m0/s1. The third-order valence-electron chi connectivity index (χ3n) is 4.63. The van der Waals surface area contributed by atoms with E-state index < -0.39 is 6.04 Å². The van der Waals surface area contributed by atoms with Crippen LogP contribution in [0.15, 0.2) is 53.0 Å². The van der Waals surface area contributed by atoms with Crippen LogP contribution in [0, 0.1) is 12.8 Å². The number of ether oxygens (including phenoxy) is 1. The van der Waals surface area contributed by atoms with E-state index in [1.807, 2.05) is 57.2 Å². The Morgan fingerprint density at radius 3 is 2.34 bits per heavy atom. The summed E-state index contributed by atoms with van der Waals surface area (Å²) in [5.74, 6) is 0.550. The molecule has 0 aliphatic heterocycles. The molecule has 0 unspecified atom stereocenters. The molecule has 0 aromatic heterocycles. The highest BCUT2D eigenvalue weighted by molar-refractivity contribution is 9.10. The van der Waals surface area contributed by atoms with Gasteiger partial charge < -0.3 is 15.0 Å². The third kappa shape index (κ3) is 7.20. The summed E-state index contributed by atoms with van der Waals surface area (Å²) in [4.78, 5) is 27.2. The predicted molar refractivity (Wildman–Crippen MR) is 119 cm³/mol. The topological polar surface area (TPSA) is 58.6 Å². The zero-order valence-corrected chi connectivity index (χ0v) is 19.0. The fourth-order valence-electron chi connectivity index (χ4n) is 2.76. The predicted octanol–water partition coefficient (Wildman–Crippen LogP) is 4.33. The molecule has 2 rings (SSSR count). The van der Waals surface area contributed by atoms with Crippen LogP contribution in [0.1, 0.15) is 31.9 Å². The van der Waals surface area contributed by atoms with E-state index in [9.17, 15) is 9.59 Å². The molecule has 6 heteroatoms. The van der Waals surface area contributed by atoms with E-state index in [0.29, 0.717) is 24.8 Å². The third-order valence-corrected chi connectivity index (χ3v) is 5.16. The molecule has 2 aromatic carbocycles. The van der Waals surface area contributed by atoms with Gasteiger partial charge in [-0.15, -0.1) is 0 Å². The first-order valence-electron chi connectivity index (χ1n) is 9.78. The first kappa shape index (κ1) is 22.9. The van der Waals surface area contributed by atoms with Crippen LogP contribution < -0.4 is 10.1 Å². The number of amides is 2. The van der Waals surface area contributed by atoms with Gasteiger partial charge in [0.25, 0.3) is 5.91 Å².